The van der Waals surface area contributed by atoms with Crippen molar-refractivity contribution in [3.05, 3.63) is 29.8 Å². The summed E-state index contributed by atoms with van der Waals surface area (Å²) < 4.78 is 0. The molecule has 0 unspecified atom stereocenters. The van der Waals surface area contributed by atoms with Gasteiger partial charge >= 0.3 is 0 Å². The first-order valence-electron chi connectivity index (χ1n) is 12.5. The molecule has 6 N–H and O–H groups in total. The van der Waals surface area contributed by atoms with E-state index in [1.54, 1.807) is 4.90 Å². The number of fused-ring (bicyclic) bond motifs is 1. The summed E-state index contributed by atoms with van der Waals surface area (Å²) >= 11 is 5.44. The van der Waals surface area contributed by atoms with E-state index in [9.17, 15) is 20.4 Å². The summed E-state index contributed by atoms with van der Waals surface area (Å²) in [5.74, 6) is 1.55. The molecule has 2 heterocycles. The topological polar surface area (TPSA) is 108 Å². The maximum atomic E-state index is 10.9. The fraction of sp³-hybridized carbons (Fsp3) is 0.720. The van der Waals surface area contributed by atoms with Crippen molar-refractivity contribution in [3.8, 4) is 0 Å². The maximum absolute atomic E-state index is 10.9. The average molecular weight is 478 g/mol. The summed E-state index contributed by atoms with van der Waals surface area (Å²) in [6.07, 6.45) is 5.23. The van der Waals surface area contributed by atoms with Crippen molar-refractivity contribution in [3.63, 3.8) is 0 Å². The Bertz CT molecular complexity index is 801. The number of benzene rings is 1. The number of nitrogens with one attached hydrogen (secondary N) is 2. The van der Waals surface area contributed by atoms with Gasteiger partial charge in [0.15, 0.2) is 10.8 Å². The molecule has 1 aromatic carbocycles. The van der Waals surface area contributed by atoms with E-state index < -0.39 is 30.1 Å². The minimum atomic E-state index is -1.81. The monoisotopic (exact) mass is 477 g/mol. The number of hydrogen-bond donors (Lipinski definition) is 6. The molecule has 4 rings (SSSR count). The van der Waals surface area contributed by atoms with Crippen LogP contribution in [0.4, 0.5) is 5.69 Å². The van der Waals surface area contributed by atoms with Gasteiger partial charge in [0.25, 0.3) is 0 Å². The van der Waals surface area contributed by atoms with Gasteiger partial charge in [0.05, 0.1) is 12.1 Å². The number of nitrogens with zero attached hydrogens (tertiary/aromatic N) is 1. The van der Waals surface area contributed by atoms with Crippen LogP contribution in [0, 0.1) is 5.92 Å². The standard InChI is InChI=1S/C25H39N3O4S/c1-2-4-16-6-8-17(9-7-16)18-10-12-19(13-11-18)27-24(33)26-15-20-22(30)23(31)25(32)21(29)5-3-14-28(20)25/h10-13,16-17,20-23,29-32H,2-9,14-15H2,1H3,(H2,26,27,33)/t16?,17?,20-,21-,22-,23-,25+/m1/s1. The molecule has 7 nitrogen and oxygen atoms in total. The van der Waals surface area contributed by atoms with Gasteiger partial charge < -0.3 is 31.1 Å². The zero-order valence-electron chi connectivity index (χ0n) is 19.5. The molecule has 2 saturated heterocycles. The minimum absolute atomic E-state index is 0.248. The van der Waals surface area contributed by atoms with Crippen LogP contribution in [0.5, 0.6) is 0 Å². The molecular weight excluding hydrogens is 438 g/mol. The highest BCUT2D eigenvalue weighted by molar-refractivity contribution is 7.80. The van der Waals surface area contributed by atoms with E-state index in [1.165, 1.54) is 44.1 Å². The Morgan fingerprint density at radius 2 is 1.79 bits per heavy atom. The Morgan fingerprint density at radius 1 is 1.09 bits per heavy atom. The molecule has 33 heavy (non-hydrogen) atoms. The van der Waals surface area contributed by atoms with Crippen LogP contribution in [0.3, 0.4) is 0 Å². The van der Waals surface area contributed by atoms with Crippen molar-refractivity contribution in [2.24, 2.45) is 5.92 Å². The Balaban J connectivity index is 1.28. The molecule has 0 spiro atoms. The van der Waals surface area contributed by atoms with Crippen LogP contribution >= 0.6 is 12.2 Å². The third kappa shape index (κ3) is 5.06. The molecule has 1 aliphatic carbocycles. The number of aliphatic hydroxyl groups is 4. The van der Waals surface area contributed by atoms with Crippen molar-refractivity contribution in [2.45, 2.75) is 94.3 Å². The summed E-state index contributed by atoms with van der Waals surface area (Å²) in [5, 5.41) is 48.7. The largest absolute Gasteiger partial charge is 0.389 e. The van der Waals surface area contributed by atoms with Gasteiger partial charge in [-0.1, -0.05) is 31.9 Å². The molecule has 1 aromatic rings. The zero-order chi connectivity index (χ0) is 23.6. The number of hydrogen-bond acceptors (Lipinski definition) is 6. The Kier molecular flexibility index (Phi) is 7.93. The second kappa shape index (κ2) is 10.5. The Morgan fingerprint density at radius 3 is 2.45 bits per heavy atom. The summed E-state index contributed by atoms with van der Waals surface area (Å²) in [4.78, 5) is 1.61. The van der Waals surface area contributed by atoms with Crippen molar-refractivity contribution >= 4 is 23.0 Å². The molecule has 1 saturated carbocycles. The van der Waals surface area contributed by atoms with Crippen molar-refractivity contribution in [1.29, 1.82) is 0 Å². The van der Waals surface area contributed by atoms with Gasteiger partial charge in [-0.25, -0.2) is 0 Å². The molecule has 0 amide bonds. The van der Waals surface area contributed by atoms with Gasteiger partial charge in [-0.3, -0.25) is 4.90 Å². The van der Waals surface area contributed by atoms with Gasteiger partial charge in [-0.15, -0.1) is 0 Å². The number of thiocarbonyl (C=S) groups is 1. The second-order valence-corrected chi connectivity index (χ2v) is 10.5. The molecule has 8 heteroatoms. The molecule has 184 valence electrons. The van der Waals surface area contributed by atoms with Gasteiger partial charge in [-0.2, -0.15) is 0 Å². The Labute approximate surface area is 202 Å². The predicted octanol–water partition coefficient (Wildman–Crippen LogP) is 2.30. The number of aliphatic hydroxyl groups excluding tert-OH is 3. The van der Waals surface area contributed by atoms with Crippen molar-refractivity contribution in [2.75, 3.05) is 18.4 Å². The molecule has 0 aromatic heterocycles. The van der Waals surface area contributed by atoms with Gasteiger partial charge in [0.2, 0.25) is 0 Å². The third-order valence-corrected chi connectivity index (χ3v) is 8.28. The van der Waals surface area contributed by atoms with Crippen LogP contribution in [-0.4, -0.2) is 73.6 Å². The summed E-state index contributed by atoms with van der Waals surface area (Å²) in [5.41, 5.74) is 0.470. The zero-order valence-corrected chi connectivity index (χ0v) is 20.3. The van der Waals surface area contributed by atoms with Gasteiger partial charge in [0, 0.05) is 18.8 Å². The van der Waals surface area contributed by atoms with E-state index in [-0.39, 0.29) is 6.54 Å². The highest BCUT2D eigenvalue weighted by Crippen LogP contribution is 2.40. The second-order valence-electron chi connectivity index (χ2n) is 10.1. The average Bonchev–Trinajstić information content (AvgIpc) is 3.01. The van der Waals surface area contributed by atoms with Crippen LogP contribution in [0.1, 0.15) is 69.8 Å². The lowest BCUT2D eigenvalue weighted by Gasteiger charge is -2.44. The van der Waals surface area contributed by atoms with E-state index >= 15 is 0 Å². The summed E-state index contributed by atoms with van der Waals surface area (Å²) in [6, 6.07) is 7.92. The van der Waals surface area contributed by atoms with E-state index in [0.29, 0.717) is 30.4 Å². The number of piperidine rings is 1. The molecule has 0 bridgehead atoms. The van der Waals surface area contributed by atoms with Crippen LogP contribution in [-0.2, 0) is 0 Å². The Hall–Kier alpha value is -1.29. The lowest BCUT2D eigenvalue weighted by atomic mass is 9.77. The molecule has 3 fully saturated rings. The van der Waals surface area contributed by atoms with E-state index in [4.69, 9.17) is 12.2 Å². The SMILES string of the molecule is CCCC1CCC(c2ccc(NC(=S)NC[C@@H]3[C@@H](O)[C@@H](O)[C@@]4(O)[C@H](O)CCCN34)cc2)CC1. The number of anilines is 1. The van der Waals surface area contributed by atoms with Gasteiger partial charge in [0.1, 0.15) is 12.2 Å². The fourth-order valence-corrected chi connectivity index (χ4v) is 6.32. The quantitative estimate of drug-likeness (QED) is 0.347. The lowest BCUT2D eigenvalue weighted by Crippen LogP contribution is -2.63. The molecule has 3 aliphatic rings. The highest BCUT2D eigenvalue weighted by atomic mass is 32.1. The summed E-state index contributed by atoms with van der Waals surface area (Å²) in [7, 11) is 0. The van der Waals surface area contributed by atoms with E-state index in [1.807, 2.05) is 0 Å². The first-order chi connectivity index (χ1) is 15.8. The highest BCUT2D eigenvalue weighted by Gasteiger charge is 2.61. The summed E-state index contributed by atoms with van der Waals surface area (Å²) in [6.45, 7) is 3.02. The lowest BCUT2D eigenvalue weighted by molar-refractivity contribution is -0.226. The van der Waals surface area contributed by atoms with Crippen LogP contribution in [0.25, 0.3) is 0 Å². The molecule has 2 aliphatic heterocycles. The normalized spacial score (nSPS) is 36.9. The number of rotatable bonds is 6. The molecule has 5 atom stereocenters. The van der Waals surface area contributed by atoms with Crippen molar-refractivity contribution in [1.82, 2.24) is 10.2 Å². The smallest absolute Gasteiger partial charge is 0.173 e. The predicted molar refractivity (Wildman–Crippen MR) is 133 cm³/mol. The maximum Gasteiger partial charge on any atom is 0.173 e. The van der Waals surface area contributed by atoms with Crippen molar-refractivity contribution < 1.29 is 20.4 Å². The van der Waals surface area contributed by atoms with Gasteiger partial charge in [-0.05, 0) is 80.3 Å². The van der Waals surface area contributed by atoms with E-state index in [2.05, 4.69) is 41.8 Å². The van der Waals surface area contributed by atoms with Crippen LogP contribution in [0.15, 0.2) is 24.3 Å². The fourth-order valence-electron chi connectivity index (χ4n) is 6.12. The first-order valence-corrected chi connectivity index (χ1v) is 12.9. The third-order valence-electron chi connectivity index (χ3n) is 8.04. The first kappa shape index (κ1) is 24.8. The van der Waals surface area contributed by atoms with Crippen LogP contribution in [0.2, 0.25) is 0 Å². The molecule has 0 radical (unpaired) electrons. The molecular formula is C25H39N3O4S. The van der Waals surface area contributed by atoms with Crippen LogP contribution < -0.4 is 10.6 Å². The minimum Gasteiger partial charge on any atom is -0.389 e. The van der Waals surface area contributed by atoms with E-state index in [0.717, 1.165) is 11.6 Å².